The second-order valence-electron chi connectivity index (χ2n) is 11.9. The molecule has 3 aromatic heterocycles. The fourth-order valence-electron chi connectivity index (χ4n) is 7.17. The Morgan fingerprint density at radius 1 is 1.26 bits per heavy atom. The van der Waals surface area contributed by atoms with E-state index in [0.717, 1.165) is 30.7 Å². The predicted molar refractivity (Wildman–Crippen MR) is 169 cm³/mol. The van der Waals surface area contributed by atoms with Crippen LogP contribution < -0.4 is 20.1 Å². The van der Waals surface area contributed by atoms with Gasteiger partial charge < -0.3 is 20.1 Å². The first-order valence-corrected chi connectivity index (χ1v) is 15.9. The van der Waals surface area contributed by atoms with E-state index >= 15 is 4.39 Å². The highest BCUT2D eigenvalue weighted by atomic mass is 35.5. The Morgan fingerprint density at radius 2 is 2.11 bits per heavy atom. The van der Waals surface area contributed by atoms with Crippen LogP contribution in [0.4, 0.5) is 29.7 Å². The summed E-state index contributed by atoms with van der Waals surface area (Å²) in [6.45, 7) is 1.72. The van der Waals surface area contributed by atoms with E-state index in [9.17, 15) is 14.0 Å². The Kier molecular flexibility index (Phi) is 6.72. The number of halogens is 4. The van der Waals surface area contributed by atoms with Gasteiger partial charge in [-0.3, -0.25) is 9.58 Å². The maximum Gasteiger partial charge on any atom is 0.319 e. The van der Waals surface area contributed by atoms with E-state index in [4.69, 9.17) is 31.8 Å². The maximum atomic E-state index is 17.1. The first-order chi connectivity index (χ1) is 22.2. The smallest absolute Gasteiger partial charge is 0.319 e. The summed E-state index contributed by atoms with van der Waals surface area (Å²) in [5, 5.41) is 14.6. The molecule has 2 N–H and O–H groups in total. The number of alkyl halides is 1. The van der Waals surface area contributed by atoms with Gasteiger partial charge in [0.05, 0.1) is 44.6 Å². The Labute approximate surface area is 269 Å². The quantitative estimate of drug-likeness (QED) is 0.237. The normalized spacial score (nSPS) is 21.0. The summed E-state index contributed by atoms with van der Waals surface area (Å²) in [6.07, 6.45) is 4.53. The molecule has 0 spiro atoms. The number of hydrogen-bond acceptors (Lipinski definition) is 10. The molecule has 8 rings (SSSR count). The molecule has 0 amide bonds. The molecule has 2 fully saturated rings. The van der Waals surface area contributed by atoms with Crippen molar-refractivity contribution in [3.63, 3.8) is 0 Å². The number of aryl methyl sites for hydroxylation is 1. The van der Waals surface area contributed by atoms with Crippen molar-refractivity contribution in [2.24, 2.45) is 7.05 Å². The minimum atomic E-state index is -0.953. The molecule has 0 radical (unpaired) electrons. The van der Waals surface area contributed by atoms with E-state index in [-0.39, 0.29) is 72.7 Å². The van der Waals surface area contributed by atoms with Crippen LogP contribution in [0.15, 0.2) is 24.5 Å². The highest BCUT2D eigenvalue weighted by Gasteiger charge is 2.49. The van der Waals surface area contributed by atoms with Crippen LogP contribution in [0.25, 0.3) is 32.1 Å². The van der Waals surface area contributed by atoms with E-state index in [1.165, 1.54) is 12.1 Å². The molecule has 46 heavy (non-hydrogen) atoms. The Balaban J connectivity index is 1.36. The number of thiophene rings is 1. The molecule has 15 heteroatoms. The zero-order chi connectivity index (χ0) is 31.9. The number of nitrogen functional groups attached to an aromatic ring is 1. The van der Waals surface area contributed by atoms with Gasteiger partial charge in [-0.1, -0.05) is 17.7 Å². The molecule has 2 aromatic carbocycles. The lowest BCUT2D eigenvalue weighted by Crippen LogP contribution is -2.43. The molecule has 2 atom stereocenters. The number of nitrogens with two attached hydrogens (primary N) is 1. The average Bonchev–Trinajstić information content (AvgIpc) is 3.76. The van der Waals surface area contributed by atoms with Crippen LogP contribution in [0.2, 0.25) is 5.02 Å². The summed E-state index contributed by atoms with van der Waals surface area (Å²) in [5.41, 5.74) is 6.20. The second-order valence-corrected chi connectivity index (χ2v) is 13.3. The zero-order valence-electron chi connectivity index (χ0n) is 24.5. The molecule has 0 bridgehead atoms. The summed E-state index contributed by atoms with van der Waals surface area (Å²) in [6, 6.07) is 4.48. The number of anilines is 3. The van der Waals surface area contributed by atoms with Crippen molar-refractivity contribution in [1.82, 2.24) is 24.6 Å². The molecule has 10 nitrogen and oxygen atoms in total. The predicted octanol–water partition coefficient (Wildman–Crippen LogP) is 6.12. The molecule has 2 saturated heterocycles. The third kappa shape index (κ3) is 4.29. The molecule has 3 aliphatic heterocycles. The summed E-state index contributed by atoms with van der Waals surface area (Å²) >= 11 is 7.88. The number of rotatable bonds is 5. The lowest BCUT2D eigenvalue weighted by atomic mass is 9.95. The monoisotopic (exact) mass is 666 g/mol. The summed E-state index contributed by atoms with van der Waals surface area (Å²) < 4.78 is 60.6. The lowest BCUT2D eigenvalue weighted by molar-refractivity contribution is 0.107. The van der Waals surface area contributed by atoms with Gasteiger partial charge >= 0.3 is 6.01 Å². The zero-order valence-corrected chi connectivity index (χ0v) is 26.1. The van der Waals surface area contributed by atoms with Gasteiger partial charge in [0.15, 0.2) is 17.4 Å². The first-order valence-electron chi connectivity index (χ1n) is 14.7. The largest absolute Gasteiger partial charge is 0.489 e. The second kappa shape index (κ2) is 10.6. The summed E-state index contributed by atoms with van der Waals surface area (Å²) in [4.78, 5) is 13.2. The Hall–Kier alpha value is -4.32. The van der Waals surface area contributed by atoms with Crippen LogP contribution in [-0.4, -0.2) is 69.2 Å². The van der Waals surface area contributed by atoms with E-state index in [2.05, 4.69) is 15.0 Å². The third-order valence-electron chi connectivity index (χ3n) is 9.19. The minimum absolute atomic E-state index is 0.0232. The molecule has 236 valence electrons. The number of ether oxygens (including phenoxy) is 2. The fraction of sp³-hybridized carbons (Fsp3) is 0.355. The van der Waals surface area contributed by atoms with Crippen molar-refractivity contribution in [1.29, 1.82) is 5.26 Å². The van der Waals surface area contributed by atoms with E-state index in [0.29, 0.717) is 31.0 Å². The topological polar surface area (TPSA) is 118 Å². The van der Waals surface area contributed by atoms with Gasteiger partial charge in [-0.25, -0.2) is 13.2 Å². The van der Waals surface area contributed by atoms with E-state index in [1.54, 1.807) is 24.1 Å². The van der Waals surface area contributed by atoms with Gasteiger partial charge in [-0.15, -0.1) is 11.3 Å². The standard InChI is InChI=1S/C31H26ClF3N8O2S/c1-41-13-16(11-38-41)43-7-8-44-26-22-25(39-30(40-29(22)43)45-14-31-5-2-6-42(31)12-15(33)9-31)24(35)21(23(26)32)17-3-4-19(34)27-20(17)18(10-36)28(37)46-27/h3-4,11,13,15H,2,5-9,12,14,37H2,1H3/t15-,31+/m1/s1. The molecule has 0 saturated carbocycles. The number of fused-ring (bicyclic) bond motifs is 2. The number of hydrogen-bond donors (Lipinski definition) is 1. The Bertz CT molecular complexity index is 2120. The molecular weight excluding hydrogens is 641 g/mol. The van der Waals surface area contributed by atoms with Crippen LogP contribution in [0.3, 0.4) is 0 Å². The number of benzene rings is 2. The van der Waals surface area contributed by atoms with Gasteiger partial charge in [0.1, 0.15) is 41.8 Å². The van der Waals surface area contributed by atoms with Crippen molar-refractivity contribution in [2.45, 2.75) is 31.0 Å². The number of nitrogens with zero attached hydrogens (tertiary/aromatic N) is 7. The minimum Gasteiger partial charge on any atom is -0.489 e. The van der Waals surface area contributed by atoms with Crippen molar-refractivity contribution < 1.29 is 22.6 Å². The number of nitriles is 1. The number of aromatic nitrogens is 4. The highest BCUT2D eigenvalue weighted by molar-refractivity contribution is 7.23. The van der Waals surface area contributed by atoms with Crippen LogP contribution in [-0.2, 0) is 7.05 Å². The fourth-order valence-corrected chi connectivity index (χ4v) is 8.45. The van der Waals surface area contributed by atoms with Crippen molar-refractivity contribution in [2.75, 3.05) is 43.5 Å². The summed E-state index contributed by atoms with van der Waals surface area (Å²) in [7, 11) is 1.78. The van der Waals surface area contributed by atoms with Gasteiger partial charge in [-0.2, -0.15) is 20.3 Å². The molecule has 0 aliphatic carbocycles. The van der Waals surface area contributed by atoms with Crippen molar-refractivity contribution in [3.05, 3.63) is 46.7 Å². The third-order valence-corrected chi connectivity index (χ3v) is 10.6. The highest BCUT2D eigenvalue weighted by Crippen LogP contribution is 2.51. The Morgan fingerprint density at radius 3 is 2.89 bits per heavy atom. The molecule has 0 unspecified atom stereocenters. The molecular formula is C31H26ClF3N8O2S. The van der Waals surface area contributed by atoms with Gasteiger partial charge in [0.2, 0.25) is 0 Å². The van der Waals surface area contributed by atoms with E-state index in [1.807, 2.05) is 11.0 Å². The van der Waals surface area contributed by atoms with Crippen LogP contribution >= 0.6 is 22.9 Å². The van der Waals surface area contributed by atoms with Crippen LogP contribution in [0, 0.1) is 23.0 Å². The lowest BCUT2D eigenvalue weighted by Gasteiger charge is -2.31. The van der Waals surface area contributed by atoms with Crippen LogP contribution in [0.1, 0.15) is 24.8 Å². The van der Waals surface area contributed by atoms with Gasteiger partial charge in [-0.05, 0) is 31.0 Å². The van der Waals surface area contributed by atoms with Crippen molar-refractivity contribution in [3.8, 4) is 29.0 Å². The maximum absolute atomic E-state index is 17.1. The summed E-state index contributed by atoms with van der Waals surface area (Å²) in [5.74, 6) is -0.999. The van der Waals surface area contributed by atoms with E-state index < -0.39 is 23.3 Å². The molecule has 6 heterocycles. The van der Waals surface area contributed by atoms with Gasteiger partial charge in [0.25, 0.3) is 0 Å². The average molecular weight is 667 g/mol. The first kappa shape index (κ1) is 29.1. The molecule has 3 aliphatic rings. The van der Waals surface area contributed by atoms with Gasteiger partial charge in [0, 0.05) is 37.2 Å². The molecule has 5 aromatic rings. The SMILES string of the molecule is Cn1cc(N2CCOc3c(Cl)c(-c4ccc(F)c5sc(N)c(C#N)c45)c(F)c4nc(OC[C@@]56CCCN5C[C@H](F)C6)nc2c34)cn1. The van der Waals surface area contributed by atoms with Crippen LogP contribution in [0.5, 0.6) is 11.8 Å². The van der Waals surface area contributed by atoms with Crippen molar-refractivity contribution >= 4 is 60.4 Å².